The van der Waals surface area contributed by atoms with Gasteiger partial charge in [0.2, 0.25) is 0 Å². The predicted molar refractivity (Wildman–Crippen MR) is 127 cm³/mol. The summed E-state index contributed by atoms with van der Waals surface area (Å²) in [6.45, 7) is 2.29. The van der Waals surface area contributed by atoms with E-state index in [4.69, 9.17) is 16.3 Å². The number of urea groups is 1. The molecule has 1 heterocycles. The lowest BCUT2D eigenvalue weighted by atomic mass is 10.0. The second-order valence-electron chi connectivity index (χ2n) is 7.43. The normalized spacial score (nSPS) is 15.0. The number of hydrogen-bond donors (Lipinski definition) is 1. The topological polar surface area (TPSA) is 75.7 Å². The van der Waals surface area contributed by atoms with E-state index in [0.717, 1.165) is 16.0 Å². The molecule has 6 nitrogen and oxygen atoms in total. The molecule has 0 aliphatic carbocycles. The van der Waals surface area contributed by atoms with Gasteiger partial charge >= 0.3 is 6.03 Å². The number of benzene rings is 3. The van der Waals surface area contributed by atoms with Gasteiger partial charge in [0.05, 0.1) is 5.69 Å². The van der Waals surface area contributed by atoms with Gasteiger partial charge in [0.15, 0.2) is 0 Å². The third-order valence-electron chi connectivity index (χ3n) is 5.20. The number of halogens is 1. The molecule has 1 aliphatic rings. The van der Waals surface area contributed by atoms with Crippen LogP contribution in [0.2, 0.25) is 5.02 Å². The largest absolute Gasteiger partial charge is 0.489 e. The molecule has 4 amide bonds. The summed E-state index contributed by atoms with van der Waals surface area (Å²) >= 11 is 5.99. The lowest BCUT2D eigenvalue weighted by molar-refractivity contribution is -0.122. The molecular weight excluding hydrogens is 440 g/mol. The number of nitrogens with zero attached hydrogens (tertiary/aromatic N) is 1. The molecule has 1 saturated heterocycles. The minimum Gasteiger partial charge on any atom is -0.489 e. The van der Waals surface area contributed by atoms with Crippen LogP contribution in [0, 0.1) is 0 Å². The zero-order valence-electron chi connectivity index (χ0n) is 17.9. The molecule has 0 bridgehead atoms. The number of ether oxygens (including phenoxy) is 1. The molecule has 0 radical (unpaired) electrons. The summed E-state index contributed by atoms with van der Waals surface area (Å²) in [5.74, 6) is -0.757. The molecule has 3 aromatic rings. The first-order valence-electron chi connectivity index (χ1n) is 10.4. The average molecular weight is 461 g/mol. The van der Waals surface area contributed by atoms with E-state index < -0.39 is 17.8 Å². The highest BCUT2D eigenvalue weighted by atomic mass is 35.5. The van der Waals surface area contributed by atoms with Crippen molar-refractivity contribution in [3.8, 4) is 5.75 Å². The molecule has 0 saturated carbocycles. The number of anilines is 1. The highest BCUT2D eigenvalue weighted by Crippen LogP contribution is 2.26. The van der Waals surface area contributed by atoms with Gasteiger partial charge in [0.1, 0.15) is 17.9 Å². The fourth-order valence-corrected chi connectivity index (χ4v) is 3.74. The second-order valence-corrected chi connectivity index (χ2v) is 7.86. The van der Waals surface area contributed by atoms with Crippen molar-refractivity contribution >= 4 is 41.2 Å². The summed E-state index contributed by atoms with van der Waals surface area (Å²) in [5, 5.41) is 2.90. The van der Waals surface area contributed by atoms with Gasteiger partial charge in [0.25, 0.3) is 11.8 Å². The van der Waals surface area contributed by atoms with Crippen molar-refractivity contribution in [3.63, 3.8) is 0 Å². The number of imide groups is 2. The first kappa shape index (κ1) is 22.3. The van der Waals surface area contributed by atoms with Crippen molar-refractivity contribution < 1.29 is 19.1 Å². The van der Waals surface area contributed by atoms with Gasteiger partial charge in [-0.15, -0.1) is 0 Å². The van der Waals surface area contributed by atoms with E-state index in [1.807, 2.05) is 37.3 Å². The summed E-state index contributed by atoms with van der Waals surface area (Å²) in [6, 6.07) is 20.7. The number of barbiturate groups is 1. The maximum Gasteiger partial charge on any atom is 0.335 e. The Morgan fingerprint density at radius 2 is 1.73 bits per heavy atom. The fourth-order valence-electron chi connectivity index (χ4n) is 3.52. The highest BCUT2D eigenvalue weighted by Gasteiger charge is 2.37. The zero-order valence-corrected chi connectivity index (χ0v) is 18.6. The Hall–Kier alpha value is -3.90. The molecule has 166 valence electrons. The predicted octanol–water partition coefficient (Wildman–Crippen LogP) is 5.15. The zero-order chi connectivity index (χ0) is 23.4. The van der Waals surface area contributed by atoms with E-state index in [0.29, 0.717) is 35.1 Å². The number of amides is 4. The molecule has 0 spiro atoms. The molecule has 4 rings (SSSR count). The molecule has 1 N–H and O–H groups in total. The van der Waals surface area contributed by atoms with E-state index in [9.17, 15) is 14.4 Å². The molecule has 0 atom stereocenters. The van der Waals surface area contributed by atoms with Crippen LogP contribution in [0.4, 0.5) is 10.5 Å². The van der Waals surface area contributed by atoms with Gasteiger partial charge in [0, 0.05) is 5.02 Å². The minimum atomic E-state index is -0.757. The van der Waals surface area contributed by atoms with Gasteiger partial charge in [-0.05, 0) is 59.5 Å². The Kier molecular flexibility index (Phi) is 6.56. The number of hydrogen-bond acceptors (Lipinski definition) is 4. The standard InChI is InChI=1S/C26H21ClN2O4/c1-2-19-7-3-4-9-23(19)29-25(31)22(24(30)28-26(29)32)15-17-10-12-21(13-11-17)33-16-18-6-5-8-20(27)14-18/h3-15H,2,16H2,1H3,(H,28,30,32)/b22-15-. The van der Waals surface area contributed by atoms with Crippen molar-refractivity contribution in [2.75, 3.05) is 4.90 Å². The number of carbonyl (C=O) groups is 3. The minimum absolute atomic E-state index is 0.117. The molecule has 0 aromatic heterocycles. The van der Waals surface area contributed by atoms with Crippen LogP contribution in [0.15, 0.2) is 78.4 Å². The molecule has 1 fully saturated rings. The Bertz CT molecular complexity index is 1250. The highest BCUT2D eigenvalue weighted by molar-refractivity contribution is 6.39. The summed E-state index contributed by atoms with van der Waals surface area (Å²) in [7, 11) is 0. The number of carbonyl (C=O) groups excluding carboxylic acids is 3. The van der Waals surface area contributed by atoms with Crippen LogP contribution in [-0.2, 0) is 22.6 Å². The molecule has 7 heteroatoms. The SMILES string of the molecule is CCc1ccccc1N1C(=O)NC(=O)/C(=C/c2ccc(OCc3cccc(Cl)c3)cc2)C1=O. The van der Waals surface area contributed by atoms with E-state index in [1.165, 1.54) is 6.08 Å². The lowest BCUT2D eigenvalue weighted by Gasteiger charge is -2.27. The van der Waals surface area contributed by atoms with Crippen molar-refractivity contribution in [1.29, 1.82) is 0 Å². The van der Waals surface area contributed by atoms with Crippen LogP contribution in [0.25, 0.3) is 6.08 Å². The van der Waals surface area contributed by atoms with E-state index in [-0.39, 0.29) is 5.57 Å². The van der Waals surface area contributed by atoms with Crippen LogP contribution in [0.3, 0.4) is 0 Å². The van der Waals surface area contributed by atoms with Gasteiger partial charge in [-0.25, -0.2) is 9.69 Å². The molecular formula is C26H21ClN2O4. The fraction of sp³-hybridized carbons (Fsp3) is 0.115. The third kappa shape index (κ3) is 4.96. The smallest absolute Gasteiger partial charge is 0.335 e. The maximum atomic E-state index is 13.1. The molecule has 0 unspecified atom stereocenters. The number of nitrogens with one attached hydrogen (secondary N) is 1. The van der Waals surface area contributed by atoms with Crippen molar-refractivity contribution in [2.45, 2.75) is 20.0 Å². The maximum absolute atomic E-state index is 13.1. The monoisotopic (exact) mass is 460 g/mol. The van der Waals surface area contributed by atoms with Crippen LogP contribution in [-0.4, -0.2) is 17.8 Å². The second kappa shape index (κ2) is 9.71. The molecule has 1 aliphatic heterocycles. The third-order valence-corrected chi connectivity index (χ3v) is 5.44. The summed E-state index contributed by atoms with van der Waals surface area (Å²) in [5.41, 5.74) is 2.74. The number of rotatable bonds is 6. The Labute approximate surface area is 196 Å². The van der Waals surface area contributed by atoms with Crippen LogP contribution < -0.4 is 15.0 Å². The summed E-state index contributed by atoms with van der Waals surface area (Å²) in [6.07, 6.45) is 2.10. The van der Waals surface area contributed by atoms with Crippen LogP contribution in [0.1, 0.15) is 23.6 Å². The van der Waals surface area contributed by atoms with Crippen LogP contribution in [0.5, 0.6) is 5.75 Å². The van der Waals surface area contributed by atoms with Crippen molar-refractivity contribution in [1.82, 2.24) is 5.32 Å². The lowest BCUT2D eigenvalue weighted by Crippen LogP contribution is -2.54. The van der Waals surface area contributed by atoms with Gasteiger partial charge in [-0.3, -0.25) is 14.9 Å². The Morgan fingerprint density at radius 1 is 0.970 bits per heavy atom. The number of para-hydroxylation sites is 1. The Morgan fingerprint density at radius 3 is 2.45 bits per heavy atom. The first-order chi connectivity index (χ1) is 16.0. The van der Waals surface area contributed by atoms with E-state index in [2.05, 4.69) is 5.32 Å². The van der Waals surface area contributed by atoms with Gasteiger partial charge in [-0.1, -0.05) is 61.0 Å². The van der Waals surface area contributed by atoms with Crippen molar-refractivity contribution in [3.05, 3.63) is 100 Å². The van der Waals surface area contributed by atoms with E-state index in [1.54, 1.807) is 42.5 Å². The van der Waals surface area contributed by atoms with Crippen molar-refractivity contribution in [2.24, 2.45) is 0 Å². The van der Waals surface area contributed by atoms with Gasteiger partial charge in [-0.2, -0.15) is 0 Å². The molecule has 33 heavy (non-hydrogen) atoms. The van der Waals surface area contributed by atoms with E-state index >= 15 is 0 Å². The molecule has 3 aromatic carbocycles. The van der Waals surface area contributed by atoms with Gasteiger partial charge < -0.3 is 4.74 Å². The number of aryl methyl sites for hydroxylation is 1. The summed E-state index contributed by atoms with van der Waals surface area (Å²) < 4.78 is 5.77. The van der Waals surface area contributed by atoms with Crippen LogP contribution >= 0.6 is 11.6 Å². The Balaban J connectivity index is 1.54. The quantitative estimate of drug-likeness (QED) is 0.408. The first-order valence-corrected chi connectivity index (χ1v) is 10.8. The average Bonchev–Trinajstić information content (AvgIpc) is 2.81. The summed E-state index contributed by atoms with van der Waals surface area (Å²) in [4.78, 5) is 39.0.